The normalized spacial score (nSPS) is 17.3. The van der Waals surface area contributed by atoms with Gasteiger partial charge in [-0.05, 0) is 66.4 Å². The van der Waals surface area contributed by atoms with Crippen molar-refractivity contribution in [1.29, 1.82) is 0 Å². The first-order valence-electron chi connectivity index (χ1n) is 13.9. The van der Waals surface area contributed by atoms with Gasteiger partial charge >= 0.3 is 18.7 Å². The van der Waals surface area contributed by atoms with Gasteiger partial charge in [0.25, 0.3) is 5.95 Å². The third-order valence-electron chi connectivity index (χ3n) is 7.33. The average Bonchev–Trinajstić information content (AvgIpc) is 3.37. The molecule has 0 saturated heterocycles. The Hall–Kier alpha value is -4.05. The lowest BCUT2D eigenvalue weighted by Crippen LogP contribution is -2.47. The second-order valence-corrected chi connectivity index (χ2v) is 10.6. The quantitative estimate of drug-likeness (QED) is 0.222. The molecule has 1 aromatic heterocycles. The Morgan fingerprint density at radius 3 is 2.13 bits per heavy atom. The van der Waals surface area contributed by atoms with Crippen LogP contribution in [0.3, 0.4) is 0 Å². The highest BCUT2D eigenvalue weighted by molar-refractivity contribution is 5.95. The number of hydrogen-bond donors (Lipinski definition) is 0. The van der Waals surface area contributed by atoms with Crippen molar-refractivity contribution < 1.29 is 49.0 Å². The van der Waals surface area contributed by atoms with Gasteiger partial charge in [-0.15, -0.1) is 18.3 Å². The molecule has 0 saturated carbocycles. The largest absolute Gasteiger partial charge is 0.573 e. The molecule has 0 aliphatic carbocycles. The predicted octanol–water partition coefficient (Wildman–Crippen LogP) is 7.60. The number of aryl methyl sites for hydroxylation is 1. The van der Waals surface area contributed by atoms with Crippen molar-refractivity contribution >= 4 is 17.5 Å². The Labute approximate surface area is 251 Å². The van der Waals surface area contributed by atoms with Crippen molar-refractivity contribution in [1.82, 2.24) is 20.2 Å². The van der Waals surface area contributed by atoms with E-state index in [9.17, 15) is 44.3 Å². The van der Waals surface area contributed by atoms with E-state index in [1.807, 2.05) is 6.92 Å². The van der Waals surface area contributed by atoms with Crippen LogP contribution in [0.2, 0.25) is 0 Å². The smallest absolute Gasteiger partial charge is 0.406 e. The Kier molecular flexibility index (Phi) is 9.59. The summed E-state index contributed by atoms with van der Waals surface area (Å²) in [6.07, 6.45) is -13.5. The van der Waals surface area contributed by atoms with Crippen LogP contribution in [0.25, 0.3) is 0 Å². The zero-order valence-electron chi connectivity index (χ0n) is 24.3. The molecule has 8 nitrogen and oxygen atoms in total. The molecule has 0 radical (unpaired) electrons. The molecule has 0 bridgehead atoms. The van der Waals surface area contributed by atoms with E-state index in [4.69, 9.17) is 0 Å². The third-order valence-corrected chi connectivity index (χ3v) is 7.33. The predicted molar refractivity (Wildman–Crippen MR) is 143 cm³/mol. The van der Waals surface area contributed by atoms with Crippen molar-refractivity contribution in [2.24, 2.45) is 7.05 Å². The molecule has 4 rings (SSSR count). The maximum absolute atomic E-state index is 13.7. The molecule has 3 aromatic rings. The van der Waals surface area contributed by atoms with Crippen LogP contribution in [-0.2, 0) is 30.7 Å². The van der Waals surface area contributed by atoms with E-state index in [1.54, 1.807) is 6.92 Å². The van der Waals surface area contributed by atoms with Gasteiger partial charge in [-0.1, -0.05) is 25.4 Å². The van der Waals surface area contributed by atoms with Gasteiger partial charge in [0.2, 0.25) is 5.91 Å². The summed E-state index contributed by atoms with van der Waals surface area (Å²) in [6.45, 7) is 3.05. The minimum atomic E-state index is -5.11. The van der Waals surface area contributed by atoms with Crippen molar-refractivity contribution in [3.63, 3.8) is 0 Å². The lowest BCUT2D eigenvalue weighted by atomic mass is 9.87. The molecule has 2 heterocycles. The number of aromatic nitrogens is 4. The van der Waals surface area contributed by atoms with Crippen LogP contribution in [0.5, 0.6) is 5.75 Å². The molecule has 17 heteroatoms. The van der Waals surface area contributed by atoms with Crippen molar-refractivity contribution in [2.45, 2.75) is 83.3 Å². The lowest BCUT2D eigenvalue weighted by molar-refractivity contribution is -0.274. The van der Waals surface area contributed by atoms with Crippen LogP contribution in [0.1, 0.15) is 74.2 Å². The standard InChI is InChI=1S/C28H29F9N6O2/c1-4-6-7-24(44)43-19(5-2)13-23(21-14-20(8-9-22(21)43)45-28(35,36)37)42(25-38-40-41(3)39-25)15-16-10-17(26(29,30)31)12-18(11-16)27(32,33)34/h8-12,14,19,23H,4-7,13,15H2,1-3H3. The second kappa shape index (κ2) is 12.7. The minimum absolute atomic E-state index is 0.00200. The van der Waals surface area contributed by atoms with Crippen LogP contribution in [0.4, 0.5) is 51.1 Å². The number of hydrogen-bond acceptors (Lipinski definition) is 6. The number of rotatable bonds is 9. The number of ether oxygens (including phenoxy) is 1. The third kappa shape index (κ3) is 7.97. The Morgan fingerprint density at radius 1 is 0.978 bits per heavy atom. The molecule has 0 fully saturated rings. The summed E-state index contributed by atoms with van der Waals surface area (Å²) in [5.41, 5.74) is -3.15. The van der Waals surface area contributed by atoms with Gasteiger partial charge in [-0.25, -0.2) is 0 Å². The summed E-state index contributed by atoms with van der Waals surface area (Å²) in [6, 6.07) is 2.93. The molecule has 2 aromatic carbocycles. The lowest BCUT2D eigenvalue weighted by Gasteiger charge is -2.44. The number of amides is 1. The average molecular weight is 653 g/mol. The van der Waals surface area contributed by atoms with Gasteiger partial charge in [0.15, 0.2) is 0 Å². The fraction of sp³-hybridized carbons (Fsp3) is 0.500. The SMILES string of the molecule is CCCCC(=O)N1c2ccc(OC(F)(F)F)cc2C(N(Cc2cc(C(F)(F)F)cc(C(F)(F)F)c2)c2nnn(C)n2)CC1CC. The van der Waals surface area contributed by atoms with E-state index < -0.39 is 59.8 Å². The van der Waals surface area contributed by atoms with Crippen molar-refractivity contribution in [3.05, 3.63) is 58.7 Å². The number of carbonyl (C=O) groups excluding carboxylic acids is 1. The minimum Gasteiger partial charge on any atom is -0.406 e. The zero-order valence-corrected chi connectivity index (χ0v) is 24.3. The number of tetrazole rings is 1. The molecule has 45 heavy (non-hydrogen) atoms. The van der Waals surface area contributed by atoms with Gasteiger partial charge in [-0.3, -0.25) is 4.79 Å². The van der Waals surface area contributed by atoms with Gasteiger partial charge in [0.05, 0.1) is 24.2 Å². The van der Waals surface area contributed by atoms with Crippen LogP contribution >= 0.6 is 0 Å². The van der Waals surface area contributed by atoms with E-state index in [0.29, 0.717) is 31.4 Å². The van der Waals surface area contributed by atoms with Crippen molar-refractivity contribution in [2.75, 3.05) is 9.80 Å². The molecule has 0 N–H and O–H groups in total. The summed E-state index contributed by atoms with van der Waals surface area (Å²) in [4.78, 5) is 17.1. The first kappa shape index (κ1) is 33.8. The van der Waals surface area contributed by atoms with Crippen LogP contribution in [0, 0.1) is 0 Å². The molecule has 1 aliphatic rings. The van der Waals surface area contributed by atoms with Crippen molar-refractivity contribution in [3.8, 4) is 5.75 Å². The van der Waals surface area contributed by atoms with E-state index in [-0.39, 0.29) is 42.0 Å². The Bertz CT molecular complexity index is 1470. The molecule has 1 amide bonds. The number of unbranched alkanes of at least 4 members (excludes halogenated alkanes) is 1. The number of carbonyl (C=O) groups is 1. The summed E-state index contributed by atoms with van der Waals surface area (Å²) in [7, 11) is 1.38. The molecular formula is C28H29F9N6O2. The number of benzene rings is 2. The summed E-state index contributed by atoms with van der Waals surface area (Å²) >= 11 is 0. The zero-order chi connectivity index (χ0) is 33.3. The summed E-state index contributed by atoms with van der Waals surface area (Å²) in [5.74, 6) is -1.13. The monoisotopic (exact) mass is 652 g/mol. The van der Waals surface area contributed by atoms with Gasteiger partial charge < -0.3 is 14.5 Å². The Balaban J connectivity index is 1.91. The number of halogens is 9. The molecular weight excluding hydrogens is 623 g/mol. The Morgan fingerprint density at radius 2 is 1.62 bits per heavy atom. The first-order chi connectivity index (χ1) is 20.9. The number of anilines is 2. The highest BCUT2D eigenvalue weighted by Crippen LogP contribution is 2.46. The maximum atomic E-state index is 13.7. The van der Waals surface area contributed by atoms with Gasteiger partial charge in [-0.2, -0.15) is 31.1 Å². The van der Waals surface area contributed by atoms with E-state index in [2.05, 4.69) is 20.1 Å². The van der Waals surface area contributed by atoms with E-state index >= 15 is 0 Å². The highest BCUT2D eigenvalue weighted by atomic mass is 19.4. The molecule has 246 valence electrons. The molecule has 2 unspecified atom stereocenters. The number of nitrogens with zero attached hydrogens (tertiary/aromatic N) is 6. The van der Waals surface area contributed by atoms with E-state index in [0.717, 1.165) is 16.9 Å². The highest BCUT2D eigenvalue weighted by Gasteiger charge is 2.41. The van der Waals surface area contributed by atoms with Gasteiger partial charge in [0, 0.05) is 30.3 Å². The fourth-order valence-corrected chi connectivity index (χ4v) is 5.35. The van der Waals surface area contributed by atoms with E-state index in [1.165, 1.54) is 22.9 Å². The van der Waals surface area contributed by atoms with Crippen LogP contribution < -0.4 is 14.5 Å². The van der Waals surface area contributed by atoms with Crippen LogP contribution in [-0.4, -0.2) is 38.5 Å². The van der Waals surface area contributed by atoms with Gasteiger partial charge in [0.1, 0.15) is 5.75 Å². The maximum Gasteiger partial charge on any atom is 0.573 e. The first-order valence-corrected chi connectivity index (χ1v) is 13.9. The number of fused-ring (bicyclic) bond motifs is 1. The topological polar surface area (TPSA) is 76.4 Å². The molecule has 0 spiro atoms. The summed E-state index contributed by atoms with van der Waals surface area (Å²) < 4.78 is 126. The summed E-state index contributed by atoms with van der Waals surface area (Å²) in [5, 5.41) is 11.8. The molecule has 2 atom stereocenters. The number of alkyl halides is 9. The van der Waals surface area contributed by atoms with Crippen LogP contribution in [0.15, 0.2) is 36.4 Å². The molecule has 1 aliphatic heterocycles. The fourth-order valence-electron chi connectivity index (χ4n) is 5.35. The second-order valence-electron chi connectivity index (χ2n) is 10.6.